The first-order chi connectivity index (χ1) is 9.56. The number of nitrogens with zero attached hydrogens (tertiary/aromatic N) is 1. The van der Waals surface area contributed by atoms with Crippen molar-refractivity contribution in [3.8, 4) is 0 Å². The largest absolute Gasteiger partial charge is 0.388 e. The predicted molar refractivity (Wildman–Crippen MR) is 84.8 cm³/mol. The van der Waals surface area contributed by atoms with Crippen LogP contribution < -0.4 is 0 Å². The average Bonchev–Trinajstić information content (AvgIpc) is 2.46. The van der Waals surface area contributed by atoms with Gasteiger partial charge in [0.2, 0.25) is 0 Å². The summed E-state index contributed by atoms with van der Waals surface area (Å²) in [6.07, 6.45) is 3.16. The van der Waals surface area contributed by atoms with Crippen molar-refractivity contribution in [2.24, 2.45) is 11.8 Å². The lowest BCUT2D eigenvalue weighted by Gasteiger charge is -2.34. The minimum Gasteiger partial charge on any atom is -0.388 e. The Morgan fingerprint density at radius 1 is 1.15 bits per heavy atom. The van der Waals surface area contributed by atoms with Crippen LogP contribution in [0.2, 0.25) is 0 Å². The van der Waals surface area contributed by atoms with Gasteiger partial charge in [0, 0.05) is 6.54 Å². The maximum absolute atomic E-state index is 10.3. The van der Waals surface area contributed by atoms with E-state index < -0.39 is 0 Å². The third-order valence-electron chi connectivity index (χ3n) is 4.76. The van der Waals surface area contributed by atoms with Crippen molar-refractivity contribution in [2.75, 3.05) is 19.6 Å². The van der Waals surface area contributed by atoms with E-state index in [1.807, 2.05) is 12.1 Å². The summed E-state index contributed by atoms with van der Waals surface area (Å²) < 4.78 is 0. The second-order valence-electron chi connectivity index (χ2n) is 6.64. The zero-order valence-electron chi connectivity index (χ0n) is 13.2. The van der Waals surface area contributed by atoms with Gasteiger partial charge in [-0.25, -0.2) is 0 Å². The van der Waals surface area contributed by atoms with Crippen LogP contribution in [0.5, 0.6) is 0 Å². The Balaban J connectivity index is 1.74. The average molecular weight is 275 g/mol. The highest BCUT2D eigenvalue weighted by Gasteiger charge is 2.21. The smallest absolute Gasteiger partial charge is 0.0802 e. The van der Waals surface area contributed by atoms with Gasteiger partial charge in [-0.2, -0.15) is 0 Å². The van der Waals surface area contributed by atoms with Crippen LogP contribution in [0.4, 0.5) is 0 Å². The summed E-state index contributed by atoms with van der Waals surface area (Å²) in [5.41, 5.74) is 2.30. The van der Waals surface area contributed by atoms with Crippen molar-refractivity contribution in [2.45, 2.75) is 46.1 Å². The molecule has 0 bridgehead atoms. The maximum atomic E-state index is 10.3. The van der Waals surface area contributed by atoms with Gasteiger partial charge in [-0.3, -0.25) is 0 Å². The lowest BCUT2D eigenvalue weighted by molar-refractivity contribution is 0.114. The van der Waals surface area contributed by atoms with Crippen LogP contribution >= 0.6 is 0 Å². The summed E-state index contributed by atoms with van der Waals surface area (Å²) in [5.74, 6) is 1.71. The maximum Gasteiger partial charge on any atom is 0.0802 e. The van der Waals surface area contributed by atoms with Crippen LogP contribution in [-0.4, -0.2) is 29.6 Å². The molecule has 1 heterocycles. The van der Waals surface area contributed by atoms with Gasteiger partial charge in [-0.05, 0) is 56.7 Å². The first kappa shape index (κ1) is 15.5. The number of piperidine rings is 1. The van der Waals surface area contributed by atoms with Gasteiger partial charge in [0.25, 0.3) is 0 Å². The van der Waals surface area contributed by atoms with E-state index in [2.05, 4.69) is 37.8 Å². The van der Waals surface area contributed by atoms with Crippen LogP contribution in [0, 0.1) is 18.8 Å². The standard InChI is InChI=1S/C18H29NO/c1-14(2)16-8-11-19(12-9-16)13-10-18(20)17-6-4-15(3)5-7-17/h4-7,14,16,18,20H,8-13H2,1-3H3. The molecule has 20 heavy (non-hydrogen) atoms. The first-order valence-electron chi connectivity index (χ1n) is 8.03. The van der Waals surface area contributed by atoms with E-state index in [0.717, 1.165) is 30.4 Å². The number of likely N-dealkylation sites (tertiary alicyclic amines) is 1. The van der Waals surface area contributed by atoms with Crippen molar-refractivity contribution in [1.29, 1.82) is 0 Å². The minimum absolute atomic E-state index is 0.321. The van der Waals surface area contributed by atoms with Crippen molar-refractivity contribution < 1.29 is 5.11 Å². The monoisotopic (exact) mass is 275 g/mol. The molecule has 2 heteroatoms. The van der Waals surface area contributed by atoms with Gasteiger partial charge in [0.05, 0.1) is 6.10 Å². The quantitative estimate of drug-likeness (QED) is 0.884. The zero-order chi connectivity index (χ0) is 14.5. The first-order valence-corrected chi connectivity index (χ1v) is 8.03. The summed E-state index contributed by atoms with van der Waals surface area (Å²) in [7, 11) is 0. The lowest BCUT2D eigenvalue weighted by atomic mass is 9.86. The lowest BCUT2D eigenvalue weighted by Crippen LogP contribution is -2.36. The third kappa shape index (κ3) is 4.32. The predicted octanol–water partition coefficient (Wildman–Crippen LogP) is 3.79. The molecule has 1 unspecified atom stereocenters. The van der Waals surface area contributed by atoms with E-state index in [-0.39, 0.29) is 6.10 Å². The molecular weight excluding hydrogens is 246 g/mol. The Labute approximate surface area is 123 Å². The number of aryl methyl sites for hydroxylation is 1. The highest BCUT2D eigenvalue weighted by molar-refractivity contribution is 5.23. The number of hydrogen-bond donors (Lipinski definition) is 1. The summed E-state index contributed by atoms with van der Waals surface area (Å²) in [4.78, 5) is 2.51. The number of hydrogen-bond acceptors (Lipinski definition) is 2. The molecule has 2 nitrogen and oxygen atoms in total. The molecule has 1 saturated heterocycles. The molecule has 1 atom stereocenters. The third-order valence-corrected chi connectivity index (χ3v) is 4.76. The van der Waals surface area contributed by atoms with E-state index in [9.17, 15) is 5.11 Å². The normalized spacial score (nSPS) is 19.4. The number of aliphatic hydroxyl groups is 1. The van der Waals surface area contributed by atoms with Gasteiger partial charge in [-0.15, -0.1) is 0 Å². The second kappa shape index (κ2) is 7.24. The highest BCUT2D eigenvalue weighted by Crippen LogP contribution is 2.25. The van der Waals surface area contributed by atoms with Crippen LogP contribution in [0.3, 0.4) is 0 Å². The van der Waals surface area contributed by atoms with Gasteiger partial charge < -0.3 is 10.0 Å². The van der Waals surface area contributed by atoms with E-state index >= 15 is 0 Å². The summed E-state index contributed by atoms with van der Waals surface area (Å²) in [5, 5.41) is 10.3. The topological polar surface area (TPSA) is 23.5 Å². The van der Waals surface area contributed by atoms with E-state index in [1.54, 1.807) is 0 Å². The fourth-order valence-electron chi connectivity index (χ4n) is 3.10. The van der Waals surface area contributed by atoms with E-state index in [1.165, 1.54) is 31.5 Å². The molecular formula is C18H29NO. The van der Waals surface area contributed by atoms with Gasteiger partial charge in [0.1, 0.15) is 0 Å². The fourth-order valence-corrected chi connectivity index (χ4v) is 3.10. The molecule has 0 aliphatic carbocycles. The summed E-state index contributed by atoms with van der Waals surface area (Å²) >= 11 is 0. The van der Waals surface area contributed by atoms with Crippen LogP contribution in [-0.2, 0) is 0 Å². The Bertz CT molecular complexity index is 390. The number of aliphatic hydroxyl groups excluding tert-OH is 1. The van der Waals surface area contributed by atoms with Crippen molar-refractivity contribution in [1.82, 2.24) is 4.90 Å². The van der Waals surface area contributed by atoms with Crippen LogP contribution in [0.25, 0.3) is 0 Å². The summed E-state index contributed by atoms with van der Waals surface area (Å²) in [6.45, 7) is 10.2. The van der Waals surface area contributed by atoms with Crippen LogP contribution in [0.15, 0.2) is 24.3 Å². The molecule has 1 aromatic carbocycles. The Morgan fingerprint density at radius 2 is 1.75 bits per heavy atom. The Hall–Kier alpha value is -0.860. The van der Waals surface area contributed by atoms with Gasteiger partial charge >= 0.3 is 0 Å². The molecule has 112 valence electrons. The Kier molecular flexibility index (Phi) is 5.62. The molecule has 0 spiro atoms. The zero-order valence-corrected chi connectivity index (χ0v) is 13.2. The molecule has 0 amide bonds. The molecule has 0 saturated carbocycles. The van der Waals surface area contributed by atoms with Crippen molar-refractivity contribution in [3.05, 3.63) is 35.4 Å². The molecule has 2 rings (SSSR count). The number of rotatable bonds is 5. The minimum atomic E-state index is -0.321. The van der Waals surface area contributed by atoms with Gasteiger partial charge in [0.15, 0.2) is 0 Å². The summed E-state index contributed by atoms with van der Waals surface area (Å²) in [6, 6.07) is 8.25. The fraction of sp³-hybridized carbons (Fsp3) is 0.667. The Morgan fingerprint density at radius 3 is 2.30 bits per heavy atom. The molecule has 1 aliphatic rings. The van der Waals surface area contributed by atoms with Crippen molar-refractivity contribution >= 4 is 0 Å². The number of benzene rings is 1. The molecule has 0 aromatic heterocycles. The van der Waals surface area contributed by atoms with E-state index in [0.29, 0.717) is 0 Å². The van der Waals surface area contributed by atoms with Crippen LogP contribution in [0.1, 0.15) is 50.3 Å². The van der Waals surface area contributed by atoms with Crippen molar-refractivity contribution in [3.63, 3.8) is 0 Å². The SMILES string of the molecule is Cc1ccc(C(O)CCN2CCC(C(C)C)CC2)cc1. The molecule has 1 aromatic rings. The van der Waals surface area contributed by atoms with E-state index in [4.69, 9.17) is 0 Å². The molecule has 0 radical (unpaired) electrons. The molecule has 1 N–H and O–H groups in total. The highest BCUT2D eigenvalue weighted by atomic mass is 16.3. The molecule has 1 aliphatic heterocycles. The second-order valence-corrected chi connectivity index (χ2v) is 6.64. The molecule has 1 fully saturated rings. The van der Waals surface area contributed by atoms with Gasteiger partial charge in [-0.1, -0.05) is 43.7 Å².